The maximum Gasteiger partial charge on any atom is 0.229 e. The van der Waals surface area contributed by atoms with Crippen LogP contribution in [0, 0.1) is 6.92 Å². The molecule has 0 aliphatic rings. The van der Waals surface area contributed by atoms with E-state index in [9.17, 15) is 4.79 Å². The number of fused-ring (bicyclic) bond motifs is 1. The molecule has 0 saturated carbocycles. The van der Waals surface area contributed by atoms with Crippen LogP contribution in [0.1, 0.15) is 28.7 Å². The fraction of sp³-hybridized carbons (Fsp3) is 0.188. The van der Waals surface area contributed by atoms with Gasteiger partial charge in [-0.3, -0.25) is 9.48 Å². The highest BCUT2D eigenvalue weighted by Gasteiger charge is 2.16. The highest BCUT2D eigenvalue weighted by Crippen LogP contribution is 2.19. The first-order valence-corrected chi connectivity index (χ1v) is 6.63. The first-order chi connectivity index (χ1) is 9.70. The van der Waals surface area contributed by atoms with Crippen molar-refractivity contribution >= 4 is 16.7 Å². The topological polar surface area (TPSA) is 47.8 Å². The molecule has 0 atom stereocenters. The number of aryl methyl sites for hydroxylation is 2. The zero-order valence-electron chi connectivity index (χ0n) is 11.5. The van der Waals surface area contributed by atoms with Gasteiger partial charge in [-0.2, -0.15) is 5.10 Å². The van der Waals surface area contributed by atoms with Crippen molar-refractivity contribution < 1.29 is 4.79 Å². The Bertz CT molecular complexity index is 789. The predicted molar refractivity (Wildman–Crippen MR) is 77.8 cm³/mol. The third-order valence-electron chi connectivity index (χ3n) is 3.40. The Morgan fingerprint density at radius 1 is 1.25 bits per heavy atom. The van der Waals surface area contributed by atoms with Gasteiger partial charge < -0.3 is 0 Å². The van der Waals surface area contributed by atoms with Crippen molar-refractivity contribution in [3.63, 3.8) is 0 Å². The third-order valence-corrected chi connectivity index (χ3v) is 3.40. The van der Waals surface area contributed by atoms with Crippen LogP contribution in [0.5, 0.6) is 0 Å². The van der Waals surface area contributed by atoms with E-state index in [-0.39, 0.29) is 5.78 Å². The van der Waals surface area contributed by atoms with Crippen LogP contribution < -0.4 is 0 Å². The zero-order chi connectivity index (χ0) is 14.1. The molecule has 0 saturated heterocycles. The largest absolute Gasteiger partial charge is 0.285 e. The summed E-state index contributed by atoms with van der Waals surface area (Å²) in [5, 5.41) is 5.21. The standard InChI is InChI=1S/C16H15N3O/c1-3-19-15(8-9-17-19)16(20)14-10-11(2)12-6-4-5-7-13(12)18-14/h4-10H,3H2,1-2H3. The van der Waals surface area contributed by atoms with E-state index in [1.54, 1.807) is 16.9 Å². The van der Waals surface area contributed by atoms with Gasteiger partial charge in [0.2, 0.25) is 5.78 Å². The van der Waals surface area contributed by atoms with Crippen LogP contribution in [0.15, 0.2) is 42.6 Å². The molecule has 0 aliphatic heterocycles. The molecule has 0 aliphatic carbocycles. The second-order valence-corrected chi connectivity index (χ2v) is 4.70. The van der Waals surface area contributed by atoms with Crippen molar-refractivity contribution in [3.05, 3.63) is 59.5 Å². The van der Waals surface area contributed by atoms with E-state index < -0.39 is 0 Å². The number of benzene rings is 1. The molecule has 0 unspecified atom stereocenters. The van der Waals surface area contributed by atoms with E-state index in [4.69, 9.17) is 0 Å². The number of carbonyl (C=O) groups is 1. The number of rotatable bonds is 3. The summed E-state index contributed by atoms with van der Waals surface area (Å²) in [4.78, 5) is 17.0. The van der Waals surface area contributed by atoms with E-state index >= 15 is 0 Å². The van der Waals surface area contributed by atoms with Crippen LogP contribution in [-0.2, 0) is 6.54 Å². The second kappa shape index (κ2) is 4.89. The minimum absolute atomic E-state index is 0.0850. The minimum Gasteiger partial charge on any atom is -0.285 e. The van der Waals surface area contributed by atoms with Crippen molar-refractivity contribution in [2.75, 3.05) is 0 Å². The average molecular weight is 265 g/mol. The van der Waals surface area contributed by atoms with Crippen molar-refractivity contribution in [1.82, 2.24) is 14.8 Å². The molecule has 20 heavy (non-hydrogen) atoms. The Labute approximate surface area is 117 Å². The van der Waals surface area contributed by atoms with Crippen molar-refractivity contribution in [2.45, 2.75) is 20.4 Å². The molecule has 4 heteroatoms. The molecule has 0 bridgehead atoms. The molecule has 0 spiro atoms. The van der Waals surface area contributed by atoms with Crippen LogP contribution in [-0.4, -0.2) is 20.5 Å². The summed E-state index contributed by atoms with van der Waals surface area (Å²) in [5.41, 5.74) is 2.95. The molecule has 1 aromatic carbocycles. The lowest BCUT2D eigenvalue weighted by Crippen LogP contribution is -2.12. The van der Waals surface area contributed by atoms with Crippen molar-refractivity contribution in [3.8, 4) is 0 Å². The van der Waals surface area contributed by atoms with Crippen LogP contribution in [0.25, 0.3) is 10.9 Å². The Morgan fingerprint density at radius 3 is 2.85 bits per heavy atom. The summed E-state index contributed by atoms with van der Waals surface area (Å²) in [6.07, 6.45) is 1.64. The molecule has 2 aromatic heterocycles. The van der Waals surface area contributed by atoms with Gasteiger partial charge in [-0.05, 0) is 37.6 Å². The fourth-order valence-electron chi connectivity index (χ4n) is 2.37. The first kappa shape index (κ1) is 12.5. The minimum atomic E-state index is -0.0850. The molecular weight excluding hydrogens is 250 g/mol. The summed E-state index contributed by atoms with van der Waals surface area (Å²) in [6, 6.07) is 11.4. The van der Waals surface area contributed by atoms with Crippen molar-refractivity contribution in [2.24, 2.45) is 0 Å². The number of hydrogen-bond acceptors (Lipinski definition) is 3. The van der Waals surface area contributed by atoms with E-state index in [1.165, 1.54) is 0 Å². The molecular formula is C16H15N3O. The van der Waals surface area contributed by atoms with Gasteiger partial charge >= 0.3 is 0 Å². The maximum atomic E-state index is 12.6. The number of para-hydroxylation sites is 1. The highest BCUT2D eigenvalue weighted by atomic mass is 16.1. The van der Waals surface area contributed by atoms with Gasteiger partial charge in [-0.25, -0.2) is 4.98 Å². The quantitative estimate of drug-likeness (QED) is 0.684. The Morgan fingerprint density at radius 2 is 2.05 bits per heavy atom. The molecule has 0 radical (unpaired) electrons. The lowest BCUT2D eigenvalue weighted by molar-refractivity contribution is 0.102. The Hall–Kier alpha value is -2.49. The van der Waals surface area contributed by atoms with E-state index in [0.29, 0.717) is 17.9 Å². The summed E-state index contributed by atoms with van der Waals surface area (Å²) >= 11 is 0. The second-order valence-electron chi connectivity index (χ2n) is 4.70. The van der Waals surface area contributed by atoms with Gasteiger partial charge in [0.05, 0.1) is 5.52 Å². The number of ketones is 1. The number of carbonyl (C=O) groups excluding carboxylic acids is 1. The van der Waals surface area contributed by atoms with Gasteiger partial charge in [0.1, 0.15) is 11.4 Å². The predicted octanol–water partition coefficient (Wildman–Crippen LogP) is 2.99. The molecule has 2 heterocycles. The number of hydrogen-bond donors (Lipinski definition) is 0. The molecule has 4 nitrogen and oxygen atoms in total. The van der Waals surface area contributed by atoms with Crippen LogP contribution >= 0.6 is 0 Å². The molecule has 0 N–H and O–H groups in total. The molecule has 100 valence electrons. The molecule has 0 fully saturated rings. The lowest BCUT2D eigenvalue weighted by Gasteiger charge is -2.07. The third kappa shape index (κ3) is 1.99. The van der Waals surface area contributed by atoms with Crippen LogP contribution in [0.4, 0.5) is 0 Å². The normalized spacial score (nSPS) is 10.9. The number of nitrogens with zero attached hydrogens (tertiary/aromatic N) is 3. The van der Waals surface area contributed by atoms with E-state index in [1.807, 2.05) is 44.2 Å². The number of pyridine rings is 1. The molecule has 3 aromatic rings. The maximum absolute atomic E-state index is 12.6. The SMILES string of the molecule is CCn1nccc1C(=O)c1cc(C)c2ccccc2n1. The average Bonchev–Trinajstić information content (AvgIpc) is 2.95. The van der Waals surface area contributed by atoms with Gasteiger partial charge in [0, 0.05) is 18.1 Å². The van der Waals surface area contributed by atoms with Gasteiger partial charge in [-0.1, -0.05) is 18.2 Å². The molecule has 0 amide bonds. The first-order valence-electron chi connectivity index (χ1n) is 6.63. The zero-order valence-corrected chi connectivity index (χ0v) is 11.5. The van der Waals surface area contributed by atoms with E-state index in [0.717, 1.165) is 16.5 Å². The Balaban J connectivity index is 2.13. The monoisotopic (exact) mass is 265 g/mol. The Kier molecular flexibility index (Phi) is 3.06. The summed E-state index contributed by atoms with van der Waals surface area (Å²) in [7, 11) is 0. The van der Waals surface area contributed by atoms with Crippen molar-refractivity contribution in [1.29, 1.82) is 0 Å². The van der Waals surface area contributed by atoms with Crippen LogP contribution in [0.2, 0.25) is 0 Å². The van der Waals surface area contributed by atoms with Gasteiger partial charge in [0.25, 0.3) is 0 Å². The molecule has 3 rings (SSSR count). The summed E-state index contributed by atoms with van der Waals surface area (Å²) in [6.45, 7) is 4.63. The van der Waals surface area contributed by atoms with Gasteiger partial charge in [-0.15, -0.1) is 0 Å². The highest BCUT2D eigenvalue weighted by molar-refractivity contribution is 6.07. The fourth-order valence-corrected chi connectivity index (χ4v) is 2.37. The smallest absolute Gasteiger partial charge is 0.229 e. The summed E-state index contributed by atoms with van der Waals surface area (Å²) < 4.78 is 1.69. The summed E-state index contributed by atoms with van der Waals surface area (Å²) in [5.74, 6) is -0.0850. The van der Waals surface area contributed by atoms with E-state index in [2.05, 4.69) is 10.1 Å². The van der Waals surface area contributed by atoms with Gasteiger partial charge in [0.15, 0.2) is 0 Å². The van der Waals surface area contributed by atoms with Crippen LogP contribution in [0.3, 0.4) is 0 Å². The lowest BCUT2D eigenvalue weighted by atomic mass is 10.1. The number of aromatic nitrogens is 3.